The second kappa shape index (κ2) is 12.2. The average Bonchev–Trinajstić information content (AvgIpc) is 3.66. The first-order chi connectivity index (χ1) is 20.7. The first-order valence-corrected chi connectivity index (χ1v) is 14.8. The number of esters is 4. The highest BCUT2D eigenvalue weighted by atomic mass is 16.7. The monoisotopic (exact) mass is 610 g/mol. The second-order valence-corrected chi connectivity index (χ2v) is 12.8. The number of carbonyl (C=O) groups is 4. The van der Waals surface area contributed by atoms with Crippen LogP contribution in [0.5, 0.6) is 0 Å². The van der Waals surface area contributed by atoms with Crippen molar-refractivity contribution in [3.63, 3.8) is 0 Å². The zero-order valence-electron chi connectivity index (χ0n) is 27.1. The standard InChI is InChI=1S/C33H43BO10/c1-10-20-16-32(26(35)39-6,27(36)40-7)17-22(20)23-18-33(28(37)41-8,29(38)42-9)19-24(23)25(21-14-12-11-13-15-21)34-43-30(2,3)31(4,5)44-34/h10-15,22,25H,16-19H2,1-9H3/b20-10+/t22-,25+/m0/s1. The van der Waals surface area contributed by atoms with Crippen molar-refractivity contribution in [3.8, 4) is 0 Å². The summed E-state index contributed by atoms with van der Waals surface area (Å²) in [5.41, 5.74) is -1.51. The molecule has 1 heterocycles. The highest BCUT2D eigenvalue weighted by Crippen LogP contribution is 2.59. The molecular formula is C33H43BO10. The number of carbonyl (C=O) groups excluding carboxylic acids is 4. The summed E-state index contributed by atoms with van der Waals surface area (Å²) >= 11 is 0. The molecular weight excluding hydrogens is 567 g/mol. The second-order valence-electron chi connectivity index (χ2n) is 12.8. The van der Waals surface area contributed by atoms with Gasteiger partial charge < -0.3 is 28.3 Å². The van der Waals surface area contributed by atoms with Gasteiger partial charge >= 0.3 is 31.0 Å². The van der Waals surface area contributed by atoms with E-state index in [1.807, 2.05) is 71.0 Å². The summed E-state index contributed by atoms with van der Waals surface area (Å²) in [7, 11) is 4.17. The van der Waals surface area contributed by atoms with Gasteiger partial charge in [0.2, 0.25) is 0 Å². The maximum Gasteiger partial charge on any atom is 0.470 e. The molecule has 2 atom stereocenters. The summed E-state index contributed by atoms with van der Waals surface area (Å²) in [6, 6.07) is 9.62. The Bertz CT molecular complexity index is 1330. The van der Waals surface area contributed by atoms with Crippen LogP contribution in [0.2, 0.25) is 0 Å². The van der Waals surface area contributed by atoms with Crippen molar-refractivity contribution < 1.29 is 47.4 Å². The largest absolute Gasteiger partial charge is 0.470 e. The normalized spacial score (nSPS) is 24.6. The molecule has 0 spiro atoms. The van der Waals surface area contributed by atoms with Gasteiger partial charge in [0.05, 0.1) is 39.6 Å². The highest BCUT2D eigenvalue weighted by Gasteiger charge is 2.63. The van der Waals surface area contributed by atoms with Gasteiger partial charge in [0.15, 0.2) is 10.8 Å². The Kier molecular flexibility index (Phi) is 9.25. The van der Waals surface area contributed by atoms with E-state index in [1.165, 1.54) is 28.4 Å². The Labute approximate surface area is 259 Å². The predicted molar refractivity (Wildman–Crippen MR) is 161 cm³/mol. The molecule has 44 heavy (non-hydrogen) atoms. The van der Waals surface area contributed by atoms with Crippen molar-refractivity contribution in [1.29, 1.82) is 0 Å². The SMILES string of the molecule is C/C=C1\CC(C(=O)OC)(C(=O)OC)C[C@@H]1C1=C([C@H](B2OC(C)(C)C(C)(C)O2)c2ccccc2)CC(C(=O)OC)(C(=O)OC)C1. The van der Waals surface area contributed by atoms with E-state index >= 15 is 0 Å². The Morgan fingerprint density at radius 1 is 0.773 bits per heavy atom. The van der Waals surface area contributed by atoms with Crippen LogP contribution < -0.4 is 0 Å². The van der Waals surface area contributed by atoms with Crippen molar-refractivity contribution in [3.05, 3.63) is 58.7 Å². The summed E-state index contributed by atoms with van der Waals surface area (Å²) in [4.78, 5) is 53.5. The topological polar surface area (TPSA) is 124 Å². The predicted octanol–water partition coefficient (Wildman–Crippen LogP) is 4.51. The molecule has 1 aliphatic heterocycles. The van der Waals surface area contributed by atoms with Crippen LogP contribution in [0.25, 0.3) is 0 Å². The number of rotatable bonds is 8. The van der Waals surface area contributed by atoms with Gasteiger partial charge in [-0.05, 0) is 65.9 Å². The molecule has 4 rings (SSSR count). The minimum atomic E-state index is -1.69. The zero-order valence-corrected chi connectivity index (χ0v) is 27.1. The van der Waals surface area contributed by atoms with Gasteiger partial charge in [-0.3, -0.25) is 19.2 Å². The molecule has 0 amide bonds. The first-order valence-electron chi connectivity index (χ1n) is 14.8. The maximum atomic E-state index is 13.5. The van der Waals surface area contributed by atoms with Gasteiger partial charge in [-0.2, -0.15) is 0 Å². The molecule has 2 fully saturated rings. The van der Waals surface area contributed by atoms with E-state index in [-0.39, 0.29) is 25.7 Å². The number of allylic oxidation sites excluding steroid dienone is 4. The van der Waals surface area contributed by atoms with Crippen molar-refractivity contribution in [2.24, 2.45) is 16.7 Å². The lowest BCUT2D eigenvalue weighted by atomic mass is 9.62. The Morgan fingerprint density at radius 3 is 1.70 bits per heavy atom. The van der Waals surface area contributed by atoms with Crippen LogP contribution in [0, 0.1) is 16.7 Å². The molecule has 1 saturated heterocycles. The molecule has 238 valence electrons. The van der Waals surface area contributed by atoms with Crippen molar-refractivity contribution >= 4 is 31.0 Å². The molecule has 0 bridgehead atoms. The Morgan fingerprint density at radius 2 is 1.25 bits per heavy atom. The van der Waals surface area contributed by atoms with E-state index < -0.39 is 64.8 Å². The van der Waals surface area contributed by atoms with E-state index in [1.54, 1.807) is 0 Å². The van der Waals surface area contributed by atoms with Gasteiger partial charge in [-0.15, -0.1) is 0 Å². The number of hydrogen-bond donors (Lipinski definition) is 0. The van der Waals surface area contributed by atoms with E-state index in [2.05, 4.69) is 0 Å². The summed E-state index contributed by atoms with van der Waals surface area (Å²) < 4.78 is 33.9. The van der Waals surface area contributed by atoms with Crippen molar-refractivity contribution in [2.75, 3.05) is 28.4 Å². The minimum absolute atomic E-state index is 0.0255. The number of benzene rings is 1. The molecule has 2 aliphatic carbocycles. The van der Waals surface area contributed by atoms with Crippen LogP contribution >= 0.6 is 0 Å². The lowest BCUT2D eigenvalue weighted by Crippen LogP contribution is -2.41. The third-order valence-electron chi connectivity index (χ3n) is 10.1. The average molecular weight is 611 g/mol. The molecule has 10 nitrogen and oxygen atoms in total. The molecule has 1 saturated carbocycles. The van der Waals surface area contributed by atoms with Gasteiger partial charge in [-0.1, -0.05) is 53.1 Å². The van der Waals surface area contributed by atoms with Gasteiger partial charge in [0, 0.05) is 11.7 Å². The molecule has 0 radical (unpaired) electrons. The molecule has 0 N–H and O–H groups in total. The molecule has 0 aromatic heterocycles. The van der Waals surface area contributed by atoms with Crippen LogP contribution in [0.1, 0.15) is 71.7 Å². The highest BCUT2D eigenvalue weighted by molar-refractivity contribution is 6.48. The smallest absolute Gasteiger partial charge is 0.468 e. The summed E-state index contributed by atoms with van der Waals surface area (Å²) in [6.45, 7) is 9.67. The Balaban J connectivity index is 1.99. The fourth-order valence-corrected chi connectivity index (χ4v) is 7.03. The fourth-order valence-electron chi connectivity index (χ4n) is 7.03. The summed E-state index contributed by atoms with van der Waals surface area (Å²) in [5, 5.41) is 0. The lowest BCUT2D eigenvalue weighted by Gasteiger charge is -2.32. The van der Waals surface area contributed by atoms with Crippen LogP contribution in [-0.4, -0.2) is 70.6 Å². The van der Waals surface area contributed by atoms with Gasteiger partial charge in [-0.25, -0.2) is 0 Å². The molecule has 1 aromatic rings. The lowest BCUT2D eigenvalue weighted by molar-refractivity contribution is -0.170. The molecule has 3 aliphatic rings. The molecule has 0 unspecified atom stereocenters. The van der Waals surface area contributed by atoms with E-state index in [0.29, 0.717) is 0 Å². The maximum absolute atomic E-state index is 13.5. The Hall–Kier alpha value is -3.44. The van der Waals surface area contributed by atoms with Crippen LogP contribution in [-0.2, 0) is 47.4 Å². The summed E-state index contributed by atoms with van der Waals surface area (Å²) in [5.74, 6) is -3.92. The zero-order chi connectivity index (χ0) is 32.7. The summed E-state index contributed by atoms with van der Waals surface area (Å²) in [6.07, 6.45) is 1.91. The van der Waals surface area contributed by atoms with Gasteiger partial charge in [0.1, 0.15) is 0 Å². The molecule has 11 heteroatoms. The molecule has 1 aromatic carbocycles. The van der Waals surface area contributed by atoms with E-state index in [4.69, 9.17) is 28.3 Å². The van der Waals surface area contributed by atoms with Crippen LogP contribution in [0.3, 0.4) is 0 Å². The van der Waals surface area contributed by atoms with E-state index in [9.17, 15) is 19.2 Å². The van der Waals surface area contributed by atoms with Crippen molar-refractivity contribution in [2.45, 2.75) is 77.3 Å². The van der Waals surface area contributed by atoms with E-state index in [0.717, 1.165) is 22.3 Å². The van der Waals surface area contributed by atoms with Crippen LogP contribution in [0.15, 0.2) is 53.1 Å². The van der Waals surface area contributed by atoms with Gasteiger partial charge in [0.25, 0.3) is 0 Å². The number of methoxy groups -OCH3 is 4. The van der Waals surface area contributed by atoms with Crippen molar-refractivity contribution in [1.82, 2.24) is 0 Å². The van der Waals surface area contributed by atoms with Crippen LogP contribution in [0.4, 0.5) is 0 Å². The minimum Gasteiger partial charge on any atom is -0.468 e. The first kappa shape index (κ1) is 33.5. The third-order valence-corrected chi connectivity index (χ3v) is 10.1. The number of ether oxygens (including phenoxy) is 4. The fraction of sp³-hybridized carbons (Fsp3) is 0.576. The number of hydrogen-bond acceptors (Lipinski definition) is 10. The quantitative estimate of drug-likeness (QED) is 0.137. The third kappa shape index (κ3) is 5.28.